The summed E-state index contributed by atoms with van der Waals surface area (Å²) in [5, 5.41) is 3.25. The van der Waals surface area contributed by atoms with E-state index in [1.165, 1.54) is 0 Å². The Morgan fingerprint density at radius 3 is 2.89 bits per heavy atom. The number of ether oxygens (including phenoxy) is 1. The number of nitrogens with one attached hydrogen (secondary N) is 1. The van der Waals surface area contributed by atoms with Gasteiger partial charge in [0, 0.05) is 5.70 Å². The molecule has 0 radical (unpaired) electrons. The molecule has 1 aromatic rings. The van der Waals surface area contributed by atoms with Crippen LogP contribution in [-0.2, 0) is 9.53 Å². The van der Waals surface area contributed by atoms with Gasteiger partial charge in [0.05, 0.1) is 23.6 Å². The number of esters is 1. The lowest BCUT2D eigenvalue weighted by Crippen LogP contribution is -2.11. The predicted octanol–water partition coefficient (Wildman–Crippen LogP) is 2.68. The Kier molecular flexibility index (Phi) is 3.87. The maximum absolute atomic E-state index is 11.8. The van der Waals surface area contributed by atoms with Crippen LogP contribution < -0.4 is 11.1 Å². The van der Waals surface area contributed by atoms with Gasteiger partial charge in [0.1, 0.15) is 0 Å². The fraction of sp³-hybridized carbons (Fsp3) is 0.357. The maximum Gasteiger partial charge on any atom is 0.335 e. The molecule has 4 nitrogen and oxygen atoms in total. The molecule has 1 aliphatic carbocycles. The van der Waals surface area contributed by atoms with Crippen molar-refractivity contribution in [2.45, 2.75) is 26.2 Å². The van der Waals surface area contributed by atoms with Crippen LogP contribution in [0.15, 0.2) is 35.5 Å². The molecular weight excluding hydrogens is 228 g/mol. The van der Waals surface area contributed by atoms with E-state index in [4.69, 9.17) is 10.5 Å². The predicted molar refractivity (Wildman–Crippen MR) is 72.0 cm³/mol. The van der Waals surface area contributed by atoms with E-state index in [1.807, 2.05) is 31.2 Å². The molecule has 0 aromatic heterocycles. The van der Waals surface area contributed by atoms with Gasteiger partial charge in [-0.25, -0.2) is 4.79 Å². The SMILES string of the molecule is CCOC(=O)C1=C(Nc2ccccc2N)CCC1. The summed E-state index contributed by atoms with van der Waals surface area (Å²) < 4.78 is 5.06. The molecule has 0 saturated carbocycles. The highest BCUT2D eigenvalue weighted by molar-refractivity contribution is 5.91. The van der Waals surface area contributed by atoms with Crippen LogP contribution in [0.5, 0.6) is 0 Å². The van der Waals surface area contributed by atoms with Crippen LogP contribution in [0, 0.1) is 0 Å². The van der Waals surface area contributed by atoms with Crippen molar-refractivity contribution in [3.63, 3.8) is 0 Å². The first-order valence-electron chi connectivity index (χ1n) is 6.23. The van der Waals surface area contributed by atoms with E-state index in [1.54, 1.807) is 0 Å². The highest BCUT2D eigenvalue weighted by atomic mass is 16.5. The number of anilines is 2. The van der Waals surface area contributed by atoms with Crippen LogP contribution in [0.1, 0.15) is 26.2 Å². The van der Waals surface area contributed by atoms with Gasteiger partial charge in [-0.05, 0) is 38.3 Å². The van der Waals surface area contributed by atoms with Crippen LogP contribution >= 0.6 is 0 Å². The Bertz CT molecular complexity index is 480. The van der Waals surface area contributed by atoms with Gasteiger partial charge in [0.15, 0.2) is 0 Å². The summed E-state index contributed by atoms with van der Waals surface area (Å²) in [5.74, 6) is -0.216. The molecule has 0 amide bonds. The quantitative estimate of drug-likeness (QED) is 0.633. The summed E-state index contributed by atoms with van der Waals surface area (Å²) in [7, 11) is 0. The summed E-state index contributed by atoms with van der Waals surface area (Å²) >= 11 is 0. The lowest BCUT2D eigenvalue weighted by Gasteiger charge is -2.12. The second kappa shape index (κ2) is 5.58. The highest BCUT2D eigenvalue weighted by Crippen LogP contribution is 2.29. The number of hydrogen-bond donors (Lipinski definition) is 2. The van der Waals surface area contributed by atoms with Gasteiger partial charge >= 0.3 is 5.97 Å². The van der Waals surface area contributed by atoms with E-state index in [0.717, 1.165) is 36.2 Å². The van der Waals surface area contributed by atoms with E-state index >= 15 is 0 Å². The van der Waals surface area contributed by atoms with Gasteiger partial charge in [-0.2, -0.15) is 0 Å². The molecule has 1 aliphatic rings. The number of allylic oxidation sites excluding steroid dienone is 1. The molecule has 0 fully saturated rings. The van der Waals surface area contributed by atoms with E-state index < -0.39 is 0 Å². The third-order valence-electron chi connectivity index (χ3n) is 2.99. The highest BCUT2D eigenvalue weighted by Gasteiger charge is 2.22. The van der Waals surface area contributed by atoms with Crippen LogP contribution in [0.3, 0.4) is 0 Å². The molecule has 18 heavy (non-hydrogen) atoms. The Hall–Kier alpha value is -1.97. The van der Waals surface area contributed by atoms with Crippen molar-refractivity contribution in [2.24, 2.45) is 0 Å². The number of para-hydroxylation sites is 2. The first kappa shape index (κ1) is 12.5. The largest absolute Gasteiger partial charge is 0.463 e. The van der Waals surface area contributed by atoms with Crippen molar-refractivity contribution in [2.75, 3.05) is 17.7 Å². The van der Waals surface area contributed by atoms with Gasteiger partial charge in [-0.3, -0.25) is 0 Å². The first-order chi connectivity index (χ1) is 8.72. The van der Waals surface area contributed by atoms with Crippen molar-refractivity contribution < 1.29 is 9.53 Å². The van der Waals surface area contributed by atoms with Crippen molar-refractivity contribution in [1.29, 1.82) is 0 Å². The van der Waals surface area contributed by atoms with Crippen LogP contribution in [0.25, 0.3) is 0 Å². The number of nitrogen functional groups attached to an aromatic ring is 1. The minimum absolute atomic E-state index is 0.216. The molecule has 0 heterocycles. The maximum atomic E-state index is 11.8. The second-order valence-electron chi connectivity index (χ2n) is 4.24. The summed E-state index contributed by atoms with van der Waals surface area (Å²) in [5.41, 5.74) is 9.09. The Morgan fingerprint density at radius 2 is 2.17 bits per heavy atom. The number of nitrogens with two attached hydrogens (primary N) is 1. The van der Waals surface area contributed by atoms with Gasteiger partial charge in [0.2, 0.25) is 0 Å². The molecule has 0 atom stereocenters. The lowest BCUT2D eigenvalue weighted by atomic mass is 10.2. The smallest absolute Gasteiger partial charge is 0.335 e. The summed E-state index contributed by atoms with van der Waals surface area (Å²) in [4.78, 5) is 11.8. The third kappa shape index (κ3) is 2.64. The topological polar surface area (TPSA) is 64.3 Å². The summed E-state index contributed by atoms with van der Waals surface area (Å²) in [6, 6.07) is 7.54. The zero-order chi connectivity index (χ0) is 13.0. The monoisotopic (exact) mass is 246 g/mol. The number of hydrogen-bond acceptors (Lipinski definition) is 4. The van der Waals surface area contributed by atoms with Gasteiger partial charge in [0.25, 0.3) is 0 Å². The normalized spacial score (nSPS) is 14.7. The molecule has 2 rings (SSSR count). The van der Waals surface area contributed by atoms with Crippen LogP contribution in [0.2, 0.25) is 0 Å². The molecule has 0 aliphatic heterocycles. The Labute approximate surface area is 107 Å². The van der Waals surface area contributed by atoms with E-state index in [9.17, 15) is 4.79 Å². The molecule has 0 unspecified atom stereocenters. The zero-order valence-electron chi connectivity index (χ0n) is 10.5. The number of carbonyl (C=O) groups is 1. The van der Waals surface area contributed by atoms with Gasteiger partial charge < -0.3 is 15.8 Å². The number of benzene rings is 1. The molecule has 0 spiro atoms. The lowest BCUT2D eigenvalue weighted by molar-refractivity contribution is -0.138. The average molecular weight is 246 g/mol. The van der Waals surface area contributed by atoms with Crippen molar-refractivity contribution in [3.05, 3.63) is 35.5 Å². The Morgan fingerprint density at radius 1 is 1.39 bits per heavy atom. The Balaban J connectivity index is 2.19. The first-order valence-corrected chi connectivity index (χ1v) is 6.23. The fourth-order valence-electron chi connectivity index (χ4n) is 2.10. The van der Waals surface area contributed by atoms with Crippen LogP contribution in [-0.4, -0.2) is 12.6 Å². The minimum atomic E-state index is -0.216. The zero-order valence-corrected chi connectivity index (χ0v) is 10.5. The van der Waals surface area contributed by atoms with Crippen molar-refractivity contribution >= 4 is 17.3 Å². The molecule has 1 aromatic carbocycles. The third-order valence-corrected chi connectivity index (χ3v) is 2.99. The van der Waals surface area contributed by atoms with E-state index in [-0.39, 0.29) is 5.97 Å². The van der Waals surface area contributed by atoms with Crippen molar-refractivity contribution in [1.82, 2.24) is 0 Å². The number of carbonyl (C=O) groups excluding carboxylic acids is 1. The average Bonchev–Trinajstić information content (AvgIpc) is 2.81. The standard InChI is InChI=1S/C14H18N2O2/c1-2-18-14(17)10-6-5-9-12(10)16-13-8-4-3-7-11(13)15/h3-4,7-8,16H,2,5-6,9,15H2,1H3. The summed E-state index contributed by atoms with van der Waals surface area (Å²) in [6.45, 7) is 2.22. The molecule has 3 N–H and O–H groups in total. The second-order valence-corrected chi connectivity index (χ2v) is 4.24. The number of rotatable bonds is 4. The van der Waals surface area contributed by atoms with E-state index in [0.29, 0.717) is 12.3 Å². The molecule has 96 valence electrons. The summed E-state index contributed by atoms with van der Waals surface area (Å²) in [6.07, 6.45) is 2.61. The van der Waals surface area contributed by atoms with Gasteiger partial charge in [-0.15, -0.1) is 0 Å². The van der Waals surface area contributed by atoms with Crippen LogP contribution in [0.4, 0.5) is 11.4 Å². The minimum Gasteiger partial charge on any atom is -0.463 e. The van der Waals surface area contributed by atoms with E-state index in [2.05, 4.69) is 5.32 Å². The molecule has 0 saturated heterocycles. The molecule has 4 heteroatoms. The fourth-order valence-corrected chi connectivity index (χ4v) is 2.10. The van der Waals surface area contributed by atoms with Gasteiger partial charge in [-0.1, -0.05) is 12.1 Å². The van der Waals surface area contributed by atoms with Crippen molar-refractivity contribution in [3.8, 4) is 0 Å². The molecular formula is C14H18N2O2. The molecule has 0 bridgehead atoms.